The summed E-state index contributed by atoms with van der Waals surface area (Å²) in [5.41, 5.74) is 6.87. The van der Waals surface area contributed by atoms with Gasteiger partial charge < -0.3 is 25.2 Å². The largest absolute Gasteiger partial charge is 0.370 e. The number of nitrogens with zero attached hydrogens (tertiary/aromatic N) is 3. The van der Waals surface area contributed by atoms with E-state index in [2.05, 4.69) is 9.62 Å². The zero-order chi connectivity index (χ0) is 23.5. The van der Waals surface area contributed by atoms with Gasteiger partial charge in [-0.2, -0.15) is 4.72 Å². The summed E-state index contributed by atoms with van der Waals surface area (Å²) < 4.78 is 34.3. The molecule has 1 aromatic rings. The minimum absolute atomic E-state index is 0.0358. The van der Waals surface area contributed by atoms with Gasteiger partial charge in [-0.05, 0) is 44.6 Å². The van der Waals surface area contributed by atoms with Gasteiger partial charge in [-0.1, -0.05) is 13.0 Å². The smallest absolute Gasteiger partial charge is 0.253 e. The lowest BCUT2D eigenvalue weighted by atomic mass is 10.1. The van der Waals surface area contributed by atoms with E-state index in [4.69, 9.17) is 10.5 Å². The van der Waals surface area contributed by atoms with E-state index in [0.29, 0.717) is 43.9 Å². The minimum Gasteiger partial charge on any atom is -0.370 e. The van der Waals surface area contributed by atoms with Crippen molar-refractivity contribution in [2.24, 2.45) is 5.73 Å². The number of carbonyl (C=O) groups excluding carboxylic acids is 2. The molecule has 3 rings (SSSR count). The first-order chi connectivity index (χ1) is 15.2. The fraction of sp³-hybridized carbons (Fsp3) is 0.619. The highest BCUT2D eigenvalue weighted by molar-refractivity contribution is 7.89. The Labute approximate surface area is 189 Å². The molecule has 0 bridgehead atoms. The summed E-state index contributed by atoms with van der Waals surface area (Å²) in [5.74, 6) is -0.536. The number of nitrogens with one attached hydrogen (secondary N) is 1. The predicted molar refractivity (Wildman–Crippen MR) is 121 cm³/mol. The van der Waals surface area contributed by atoms with Crippen molar-refractivity contribution in [3.8, 4) is 0 Å². The lowest BCUT2D eigenvalue weighted by Gasteiger charge is -2.30. The van der Waals surface area contributed by atoms with Crippen LogP contribution in [0.4, 0.5) is 5.69 Å². The average Bonchev–Trinajstić information content (AvgIpc) is 3.27. The van der Waals surface area contributed by atoms with E-state index in [1.807, 2.05) is 21.0 Å². The summed E-state index contributed by atoms with van der Waals surface area (Å²) in [5, 5.41) is 0. The third kappa shape index (κ3) is 5.12. The zero-order valence-corrected chi connectivity index (χ0v) is 19.7. The number of benzene rings is 1. The molecule has 2 fully saturated rings. The van der Waals surface area contributed by atoms with Crippen LogP contribution in [0.25, 0.3) is 0 Å². The lowest BCUT2D eigenvalue weighted by molar-refractivity contribution is -0.131. The van der Waals surface area contributed by atoms with Crippen molar-refractivity contribution in [3.63, 3.8) is 0 Å². The molecule has 2 atom stereocenters. The standard InChI is InChI=1S/C21H33N5O5S/c1-4-16-18(26-10-11-31-14-20(26)27)6-5-7-19(16)32(29,30)23-17(12-22)21(28)25-9-8-15(13-25)24(2)3/h5-7,15,17,23H,4,8-14,22H2,1-3H3/t15-,17+/m1/s1. The van der Waals surface area contributed by atoms with Gasteiger partial charge in [0, 0.05) is 37.9 Å². The number of likely N-dealkylation sites (N-methyl/N-ethyl adjacent to an activating group) is 1. The van der Waals surface area contributed by atoms with E-state index in [9.17, 15) is 18.0 Å². The number of anilines is 1. The van der Waals surface area contributed by atoms with Gasteiger partial charge in [0.2, 0.25) is 15.9 Å². The van der Waals surface area contributed by atoms with Crippen LogP contribution >= 0.6 is 0 Å². The lowest BCUT2D eigenvalue weighted by Crippen LogP contribution is -2.52. The Bertz CT molecular complexity index is 952. The molecule has 0 aliphatic carbocycles. The number of ether oxygens (including phenoxy) is 1. The Morgan fingerprint density at radius 3 is 2.69 bits per heavy atom. The molecule has 0 saturated carbocycles. The molecule has 32 heavy (non-hydrogen) atoms. The monoisotopic (exact) mass is 467 g/mol. The fourth-order valence-corrected chi connectivity index (χ4v) is 5.75. The van der Waals surface area contributed by atoms with Gasteiger partial charge in [-0.15, -0.1) is 0 Å². The van der Waals surface area contributed by atoms with E-state index >= 15 is 0 Å². The minimum atomic E-state index is -4.05. The van der Waals surface area contributed by atoms with Crippen molar-refractivity contribution < 1.29 is 22.7 Å². The first-order valence-corrected chi connectivity index (χ1v) is 12.4. The summed E-state index contributed by atoms with van der Waals surface area (Å²) in [6.07, 6.45) is 1.23. The molecule has 3 N–H and O–H groups in total. The second kappa shape index (κ2) is 10.3. The van der Waals surface area contributed by atoms with Crippen molar-refractivity contribution in [2.45, 2.75) is 36.7 Å². The highest BCUT2D eigenvalue weighted by Crippen LogP contribution is 2.29. The maximum Gasteiger partial charge on any atom is 0.253 e. The topological polar surface area (TPSA) is 125 Å². The number of sulfonamides is 1. The Hall–Kier alpha value is -2.05. The quantitative estimate of drug-likeness (QED) is 0.522. The van der Waals surface area contributed by atoms with Gasteiger partial charge in [0.15, 0.2) is 0 Å². The van der Waals surface area contributed by atoms with E-state index in [1.54, 1.807) is 21.9 Å². The summed E-state index contributed by atoms with van der Waals surface area (Å²) in [4.78, 5) is 30.6. The van der Waals surface area contributed by atoms with Crippen molar-refractivity contribution in [1.82, 2.24) is 14.5 Å². The number of amides is 2. The predicted octanol–water partition coefficient (Wildman–Crippen LogP) is -0.620. The van der Waals surface area contributed by atoms with Gasteiger partial charge >= 0.3 is 0 Å². The van der Waals surface area contributed by atoms with E-state index in [1.165, 1.54) is 6.07 Å². The Kier molecular flexibility index (Phi) is 7.88. The third-order valence-corrected chi connectivity index (χ3v) is 7.62. The first kappa shape index (κ1) is 24.6. The molecule has 0 aromatic heterocycles. The van der Waals surface area contributed by atoms with E-state index in [0.717, 1.165) is 6.42 Å². The molecular formula is C21H33N5O5S. The van der Waals surface area contributed by atoms with Crippen molar-refractivity contribution in [3.05, 3.63) is 23.8 Å². The van der Waals surface area contributed by atoms with Crippen molar-refractivity contribution >= 4 is 27.5 Å². The number of rotatable bonds is 8. The van der Waals surface area contributed by atoms with Crippen LogP contribution in [0.3, 0.4) is 0 Å². The van der Waals surface area contributed by atoms with Crippen LogP contribution in [0.2, 0.25) is 0 Å². The molecule has 0 radical (unpaired) electrons. The summed E-state index contributed by atoms with van der Waals surface area (Å²) >= 11 is 0. The number of hydrogen-bond donors (Lipinski definition) is 2. The number of hydrogen-bond acceptors (Lipinski definition) is 7. The number of likely N-dealkylation sites (tertiary alicyclic amines) is 1. The van der Waals surface area contributed by atoms with E-state index < -0.39 is 16.1 Å². The van der Waals surface area contributed by atoms with Crippen LogP contribution < -0.4 is 15.4 Å². The fourth-order valence-electron chi connectivity index (χ4n) is 4.22. The molecule has 2 aliphatic rings. The maximum absolute atomic E-state index is 13.3. The molecule has 0 unspecified atom stereocenters. The second-order valence-corrected chi connectivity index (χ2v) is 9.99. The van der Waals surface area contributed by atoms with Crippen molar-refractivity contribution in [1.29, 1.82) is 0 Å². The molecule has 2 amide bonds. The molecule has 2 saturated heterocycles. The zero-order valence-electron chi connectivity index (χ0n) is 18.9. The van der Waals surface area contributed by atoms with Crippen LogP contribution in [0.15, 0.2) is 23.1 Å². The Morgan fingerprint density at radius 1 is 1.34 bits per heavy atom. The van der Waals surface area contributed by atoms with Gasteiger partial charge in [0.05, 0.1) is 11.5 Å². The summed E-state index contributed by atoms with van der Waals surface area (Å²) in [6, 6.07) is 4.01. The van der Waals surface area contributed by atoms with Crippen LogP contribution in [-0.4, -0.2) is 95.6 Å². The van der Waals surface area contributed by atoms with Gasteiger partial charge in [0.1, 0.15) is 12.6 Å². The number of morpholine rings is 1. The van der Waals surface area contributed by atoms with Crippen LogP contribution in [0.1, 0.15) is 18.9 Å². The Morgan fingerprint density at radius 2 is 2.09 bits per heavy atom. The highest BCUT2D eigenvalue weighted by Gasteiger charge is 2.34. The molecule has 2 aliphatic heterocycles. The molecule has 0 spiro atoms. The normalized spacial score (nSPS) is 20.8. The number of carbonyl (C=O) groups is 2. The van der Waals surface area contributed by atoms with Crippen molar-refractivity contribution in [2.75, 3.05) is 58.4 Å². The summed E-state index contributed by atoms with van der Waals surface area (Å²) in [6.45, 7) is 3.50. The van der Waals surface area contributed by atoms with Gasteiger partial charge in [-0.25, -0.2) is 8.42 Å². The van der Waals surface area contributed by atoms with E-state index in [-0.39, 0.29) is 35.9 Å². The second-order valence-electron chi connectivity index (χ2n) is 8.31. The summed E-state index contributed by atoms with van der Waals surface area (Å²) in [7, 11) is -0.137. The van der Waals surface area contributed by atoms with Crippen LogP contribution in [-0.2, 0) is 30.8 Å². The molecule has 2 heterocycles. The number of nitrogens with two attached hydrogens (primary N) is 1. The Balaban J connectivity index is 1.84. The van der Waals surface area contributed by atoms with Crippen LogP contribution in [0.5, 0.6) is 0 Å². The van der Waals surface area contributed by atoms with Gasteiger partial charge in [-0.3, -0.25) is 9.59 Å². The first-order valence-electron chi connectivity index (χ1n) is 10.9. The molecule has 10 nitrogen and oxygen atoms in total. The average molecular weight is 468 g/mol. The highest BCUT2D eigenvalue weighted by atomic mass is 32.2. The third-order valence-electron chi connectivity index (χ3n) is 6.06. The maximum atomic E-state index is 13.3. The van der Waals surface area contributed by atoms with Gasteiger partial charge in [0.25, 0.3) is 5.91 Å². The SMILES string of the molecule is CCc1c(N2CCOCC2=O)cccc1S(=O)(=O)N[C@@H](CN)C(=O)N1CC[C@@H](N(C)C)C1. The van der Waals surface area contributed by atoms with Crippen LogP contribution in [0, 0.1) is 0 Å². The molecule has 178 valence electrons. The molecular weight excluding hydrogens is 434 g/mol. The molecule has 1 aromatic carbocycles. The molecule has 11 heteroatoms.